The Balaban J connectivity index is 1.74. The van der Waals surface area contributed by atoms with E-state index >= 15 is 0 Å². The molecule has 0 atom stereocenters. The van der Waals surface area contributed by atoms with Crippen LogP contribution in [-0.4, -0.2) is 32.6 Å². The lowest BCUT2D eigenvalue weighted by Gasteiger charge is -2.15. The van der Waals surface area contributed by atoms with Crippen LogP contribution in [-0.2, 0) is 19.5 Å². The number of hydrogen-bond donors (Lipinski definition) is 0. The predicted molar refractivity (Wildman–Crippen MR) is 70.5 cm³/mol. The highest BCUT2D eigenvalue weighted by Crippen LogP contribution is 2.18. The number of fused-ring (bicyclic) bond motifs is 1. The third-order valence-electron chi connectivity index (χ3n) is 3.20. The van der Waals surface area contributed by atoms with E-state index in [-0.39, 0.29) is 5.91 Å². The molecule has 1 aliphatic rings. The van der Waals surface area contributed by atoms with Crippen molar-refractivity contribution in [2.45, 2.75) is 25.9 Å². The Morgan fingerprint density at radius 3 is 3.11 bits per heavy atom. The molecule has 0 bridgehead atoms. The summed E-state index contributed by atoms with van der Waals surface area (Å²) in [4.78, 5) is 13.7. The van der Waals surface area contributed by atoms with E-state index in [0.717, 1.165) is 31.0 Å². The van der Waals surface area contributed by atoms with Crippen LogP contribution in [0.2, 0.25) is 0 Å². The van der Waals surface area contributed by atoms with E-state index in [2.05, 4.69) is 30.7 Å². The molecule has 0 aromatic carbocycles. The van der Waals surface area contributed by atoms with Gasteiger partial charge in [-0.15, -0.1) is 10.2 Å². The van der Waals surface area contributed by atoms with Gasteiger partial charge in [0.1, 0.15) is 5.82 Å². The summed E-state index contributed by atoms with van der Waals surface area (Å²) < 4.78 is 7.89. The van der Waals surface area contributed by atoms with E-state index in [4.69, 9.17) is 4.42 Å². The quantitative estimate of drug-likeness (QED) is 0.864. The highest BCUT2D eigenvalue weighted by molar-refractivity contribution is 9.10. The van der Waals surface area contributed by atoms with Crippen LogP contribution in [0.25, 0.3) is 0 Å². The molecule has 0 radical (unpaired) electrons. The zero-order chi connectivity index (χ0) is 13.4. The lowest BCUT2D eigenvalue weighted by atomic mass is 10.4. The third-order valence-corrected chi connectivity index (χ3v) is 3.62. The molecule has 0 unspecified atom stereocenters. The summed E-state index contributed by atoms with van der Waals surface area (Å²) in [6.45, 7) is 1.37. The first-order valence-corrected chi connectivity index (χ1v) is 6.86. The van der Waals surface area contributed by atoms with Crippen molar-refractivity contribution >= 4 is 21.8 Å². The lowest BCUT2D eigenvalue weighted by molar-refractivity contribution is 0.0747. The molecule has 2 aromatic rings. The number of aryl methyl sites for hydroxylation is 1. The van der Waals surface area contributed by atoms with Crippen molar-refractivity contribution in [2.75, 3.05) is 7.05 Å². The summed E-state index contributed by atoms with van der Waals surface area (Å²) in [5, 5.41) is 8.27. The number of amides is 1. The fraction of sp³-hybridized carbons (Fsp3) is 0.417. The molecule has 0 N–H and O–H groups in total. The Morgan fingerprint density at radius 2 is 2.37 bits per heavy atom. The number of carbonyl (C=O) groups excluding carboxylic acids is 1. The highest BCUT2D eigenvalue weighted by atomic mass is 79.9. The van der Waals surface area contributed by atoms with E-state index in [0.29, 0.717) is 17.0 Å². The van der Waals surface area contributed by atoms with Crippen LogP contribution in [0, 0.1) is 0 Å². The van der Waals surface area contributed by atoms with Crippen molar-refractivity contribution in [3.05, 3.63) is 34.2 Å². The number of halogens is 1. The van der Waals surface area contributed by atoms with E-state index in [1.807, 2.05) is 0 Å². The number of furan rings is 1. The molecule has 19 heavy (non-hydrogen) atoms. The van der Waals surface area contributed by atoms with Crippen LogP contribution in [0.4, 0.5) is 0 Å². The molecule has 0 saturated heterocycles. The standard InChI is InChI=1S/C12H13BrN4O2/c1-16(12(18)8-4-5-9(13)19-8)7-11-15-14-10-3-2-6-17(10)11/h4-5H,2-3,6-7H2,1H3. The van der Waals surface area contributed by atoms with Gasteiger partial charge < -0.3 is 13.9 Å². The monoisotopic (exact) mass is 324 g/mol. The molecule has 0 saturated carbocycles. The van der Waals surface area contributed by atoms with Gasteiger partial charge in [-0.25, -0.2) is 0 Å². The topological polar surface area (TPSA) is 64.2 Å². The molecule has 1 amide bonds. The SMILES string of the molecule is CN(Cc1nnc2n1CCC2)C(=O)c1ccc(Br)o1. The second-order valence-electron chi connectivity index (χ2n) is 4.55. The van der Waals surface area contributed by atoms with Gasteiger partial charge in [-0.3, -0.25) is 4.79 Å². The molecule has 6 nitrogen and oxygen atoms in total. The van der Waals surface area contributed by atoms with Crippen molar-refractivity contribution in [1.82, 2.24) is 19.7 Å². The minimum Gasteiger partial charge on any atom is -0.444 e. The molecule has 7 heteroatoms. The second kappa shape index (κ2) is 4.80. The van der Waals surface area contributed by atoms with E-state index in [1.54, 1.807) is 24.1 Å². The van der Waals surface area contributed by atoms with Gasteiger partial charge in [0, 0.05) is 20.0 Å². The molecule has 0 fully saturated rings. The van der Waals surface area contributed by atoms with Gasteiger partial charge in [0.15, 0.2) is 16.3 Å². The number of rotatable bonds is 3. The van der Waals surface area contributed by atoms with Crippen molar-refractivity contribution < 1.29 is 9.21 Å². The van der Waals surface area contributed by atoms with Gasteiger partial charge in [0.25, 0.3) is 5.91 Å². The minimum absolute atomic E-state index is 0.166. The Labute approximate surface area is 118 Å². The van der Waals surface area contributed by atoms with Gasteiger partial charge >= 0.3 is 0 Å². The van der Waals surface area contributed by atoms with Crippen LogP contribution in [0.5, 0.6) is 0 Å². The summed E-state index contributed by atoms with van der Waals surface area (Å²) in [5.41, 5.74) is 0. The van der Waals surface area contributed by atoms with E-state index < -0.39 is 0 Å². The van der Waals surface area contributed by atoms with Crippen molar-refractivity contribution in [2.24, 2.45) is 0 Å². The molecule has 1 aliphatic heterocycles. The summed E-state index contributed by atoms with van der Waals surface area (Å²) >= 11 is 3.19. The van der Waals surface area contributed by atoms with Crippen LogP contribution in [0.1, 0.15) is 28.6 Å². The van der Waals surface area contributed by atoms with Crippen LogP contribution in [0.15, 0.2) is 21.2 Å². The summed E-state index contributed by atoms with van der Waals surface area (Å²) in [6, 6.07) is 3.35. The fourth-order valence-corrected chi connectivity index (χ4v) is 2.54. The molecule has 3 heterocycles. The summed E-state index contributed by atoms with van der Waals surface area (Å²) in [5.74, 6) is 1.99. The summed E-state index contributed by atoms with van der Waals surface area (Å²) in [6.07, 6.45) is 2.07. The summed E-state index contributed by atoms with van der Waals surface area (Å²) in [7, 11) is 1.73. The first kappa shape index (κ1) is 12.4. The molecule has 0 aliphatic carbocycles. The van der Waals surface area contributed by atoms with Gasteiger partial charge in [0.05, 0.1) is 6.54 Å². The van der Waals surface area contributed by atoms with Crippen molar-refractivity contribution in [3.63, 3.8) is 0 Å². The van der Waals surface area contributed by atoms with Gasteiger partial charge in [-0.05, 0) is 34.5 Å². The van der Waals surface area contributed by atoms with Crippen molar-refractivity contribution in [3.8, 4) is 0 Å². The zero-order valence-corrected chi connectivity index (χ0v) is 12.1. The lowest BCUT2D eigenvalue weighted by Crippen LogP contribution is -2.27. The average molecular weight is 325 g/mol. The molecule has 3 rings (SSSR count). The number of nitrogens with zero attached hydrogens (tertiary/aromatic N) is 4. The largest absolute Gasteiger partial charge is 0.444 e. The van der Waals surface area contributed by atoms with Gasteiger partial charge in [-0.1, -0.05) is 0 Å². The maximum Gasteiger partial charge on any atom is 0.289 e. The molecule has 100 valence electrons. The number of aromatic nitrogens is 3. The van der Waals surface area contributed by atoms with E-state index in [1.165, 1.54) is 0 Å². The Bertz CT molecular complexity index is 619. The smallest absolute Gasteiger partial charge is 0.289 e. The van der Waals surface area contributed by atoms with Crippen LogP contribution in [0.3, 0.4) is 0 Å². The first-order chi connectivity index (χ1) is 9.15. The molecular formula is C12H13BrN4O2. The Kier molecular flexibility index (Phi) is 3.14. The second-order valence-corrected chi connectivity index (χ2v) is 5.33. The minimum atomic E-state index is -0.166. The molecule has 0 spiro atoms. The first-order valence-electron chi connectivity index (χ1n) is 6.07. The molecule has 2 aromatic heterocycles. The normalized spacial score (nSPS) is 13.6. The Morgan fingerprint density at radius 1 is 1.53 bits per heavy atom. The van der Waals surface area contributed by atoms with Gasteiger partial charge in [-0.2, -0.15) is 0 Å². The van der Waals surface area contributed by atoms with Crippen molar-refractivity contribution in [1.29, 1.82) is 0 Å². The number of carbonyl (C=O) groups is 1. The molecular weight excluding hydrogens is 312 g/mol. The van der Waals surface area contributed by atoms with Crippen LogP contribution < -0.4 is 0 Å². The average Bonchev–Trinajstić information content (AvgIpc) is 3.06. The maximum atomic E-state index is 12.1. The fourth-order valence-electron chi connectivity index (χ4n) is 2.23. The highest BCUT2D eigenvalue weighted by Gasteiger charge is 2.21. The van der Waals surface area contributed by atoms with E-state index in [9.17, 15) is 4.79 Å². The Hall–Kier alpha value is -1.63. The predicted octanol–water partition coefficient (Wildman–Crippen LogP) is 1.85. The maximum absolute atomic E-state index is 12.1. The zero-order valence-electron chi connectivity index (χ0n) is 10.5. The van der Waals surface area contributed by atoms with Crippen LogP contribution >= 0.6 is 15.9 Å². The number of hydrogen-bond acceptors (Lipinski definition) is 4. The third kappa shape index (κ3) is 2.30. The van der Waals surface area contributed by atoms with Gasteiger partial charge in [0.2, 0.25) is 0 Å².